The molecule has 0 amide bonds. The summed E-state index contributed by atoms with van der Waals surface area (Å²) in [4.78, 5) is 33.0. The summed E-state index contributed by atoms with van der Waals surface area (Å²) in [6.45, 7) is 14.5. The molecule has 4 rings (SSSR count). The first-order valence-corrected chi connectivity index (χ1v) is 16.3. The van der Waals surface area contributed by atoms with Gasteiger partial charge in [0.1, 0.15) is 11.7 Å². The summed E-state index contributed by atoms with van der Waals surface area (Å²) >= 11 is 0. The van der Waals surface area contributed by atoms with Crippen molar-refractivity contribution in [2.45, 2.75) is 59.4 Å². The average Bonchev–Trinajstić information content (AvgIpc) is 3.24. The predicted molar refractivity (Wildman–Crippen MR) is 187 cm³/mol. The monoisotopic (exact) mass is 614 g/mol. The van der Waals surface area contributed by atoms with Gasteiger partial charge in [0.25, 0.3) is 5.56 Å². The average molecular weight is 615 g/mol. The van der Waals surface area contributed by atoms with Gasteiger partial charge < -0.3 is 9.88 Å². The van der Waals surface area contributed by atoms with E-state index in [0.29, 0.717) is 29.5 Å². The van der Waals surface area contributed by atoms with Crippen LogP contribution in [0.1, 0.15) is 64.5 Å². The molecule has 2 aromatic heterocycles. The van der Waals surface area contributed by atoms with Crippen molar-refractivity contribution in [3.8, 4) is 11.3 Å². The SMILES string of the molecule is CC.CC1=NCC=C(c2ncc(-c3ccc([C@@H](C)Nc4ccc(F)cc4S(C)=C(C)C)cc(C)ccc(=O)n3C)cn2)C=N1. The molecule has 1 aromatic carbocycles. The second kappa shape index (κ2) is 16.0. The maximum absolute atomic E-state index is 14.2. The fourth-order valence-electron chi connectivity index (χ4n) is 4.33. The molecule has 7 nitrogen and oxygen atoms in total. The third-order valence-corrected chi connectivity index (χ3v) is 9.22. The van der Waals surface area contributed by atoms with E-state index < -0.39 is 0 Å². The van der Waals surface area contributed by atoms with Gasteiger partial charge in [-0.2, -0.15) is 10.5 Å². The number of aromatic nitrogens is 3. The number of aryl methyl sites for hydroxylation is 1. The van der Waals surface area contributed by atoms with Gasteiger partial charge in [0.05, 0.1) is 12.2 Å². The molecule has 0 fully saturated rings. The van der Waals surface area contributed by atoms with Gasteiger partial charge in [0.2, 0.25) is 0 Å². The molecule has 1 aliphatic rings. The van der Waals surface area contributed by atoms with Crippen LogP contribution >= 0.6 is 10.5 Å². The van der Waals surface area contributed by atoms with Gasteiger partial charge in [0, 0.05) is 59.5 Å². The summed E-state index contributed by atoms with van der Waals surface area (Å²) in [7, 11) is 1.52. The molecule has 44 heavy (non-hydrogen) atoms. The number of nitrogens with zero attached hydrogens (tertiary/aromatic N) is 5. The molecule has 1 N–H and O–H groups in total. The minimum absolute atomic E-state index is 0.115. The van der Waals surface area contributed by atoms with Crippen LogP contribution in [0.5, 0.6) is 0 Å². The number of halogens is 1. The van der Waals surface area contributed by atoms with E-state index in [9.17, 15) is 9.18 Å². The maximum Gasteiger partial charge on any atom is 0.250 e. The smallest absolute Gasteiger partial charge is 0.250 e. The summed E-state index contributed by atoms with van der Waals surface area (Å²) in [5, 5.41) is 3.60. The van der Waals surface area contributed by atoms with Crippen molar-refractivity contribution in [3.05, 3.63) is 100 Å². The van der Waals surface area contributed by atoms with Crippen molar-refractivity contribution in [1.29, 1.82) is 0 Å². The molecule has 3 aromatic rings. The van der Waals surface area contributed by atoms with Gasteiger partial charge >= 0.3 is 0 Å². The van der Waals surface area contributed by atoms with Crippen LogP contribution in [0.15, 0.2) is 86.7 Å². The molecular formula is C35H43FN6OS. The van der Waals surface area contributed by atoms with Crippen LogP contribution in [0, 0.1) is 12.7 Å². The highest BCUT2D eigenvalue weighted by Crippen LogP contribution is 2.35. The number of allylic oxidation sites excluding steroid dienone is 1. The Hall–Kier alpha value is -4.24. The maximum atomic E-state index is 14.2. The van der Waals surface area contributed by atoms with Crippen LogP contribution in [0.25, 0.3) is 16.8 Å². The molecule has 3 heterocycles. The van der Waals surface area contributed by atoms with Crippen molar-refractivity contribution in [2.24, 2.45) is 17.0 Å². The van der Waals surface area contributed by atoms with Gasteiger partial charge in [-0.1, -0.05) is 43.7 Å². The zero-order chi connectivity index (χ0) is 32.4. The molecule has 0 saturated heterocycles. The van der Waals surface area contributed by atoms with Crippen molar-refractivity contribution in [3.63, 3.8) is 0 Å². The van der Waals surface area contributed by atoms with Gasteiger partial charge in [-0.3, -0.25) is 9.79 Å². The number of hydrogen-bond donors (Lipinski definition) is 1. The van der Waals surface area contributed by atoms with E-state index in [1.165, 1.54) is 10.9 Å². The van der Waals surface area contributed by atoms with Gasteiger partial charge in [0.15, 0.2) is 5.82 Å². The Balaban J connectivity index is 0.00000259. The molecular weight excluding hydrogens is 571 g/mol. The van der Waals surface area contributed by atoms with E-state index in [2.05, 4.69) is 58.4 Å². The largest absolute Gasteiger partial charge is 0.378 e. The van der Waals surface area contributed by atoms with Crippen LogP contribution < -0.4 is 10.9 Å². The lowest BCUT2D eigenvalue weighted by Gasteiger charge is -2.20. The molecule has 1 unspecified atom stereocenters. The number of nitrogens with one attached hydrogen (secondary N) is 1. The van der Waals surface area contributed by atoms with Crippen LogP contribution in [-0.4, -0.2) is 44.3 Å². The van der Waals surface area contributed by atoms with Gasteiger partial charge in [-0.05, 0) is 75.6 Å². The first-order chi connectivity index (χ1) is 21.0. The number of amidine groups is 1. The van der Waals surface area contributed by atoms with Crippen molar-refractivity contribution >= 4 is 38.7 Å². The highest BCUT2D eigenvalue weighted by Gasteiger charge is 2.12. The molecule has 2 atom stereocenters. The summed E-state index contributed by atoms with van der Waals surface area (Å²) < 4.78 is 15.8. The van der Waals surface area contributed by atoms with Crippen molar-refractivity contribution in [2.75, 3.05) is 18.1 Å². The number of anilines is 1. The van der Waals surface area contributed by atoms with Gasteiger partial charge in [-0.15, -0.1) is 0 Å². The minimum atomic E-state index is -0.248. The van der Waals surface area contributed by atoms with E-state index in [4.69, 9.17) is 0 Å². The number of benzene rings is 1. The Morgan fingerprint density at radius 1 is 1.02 bits per heavy atom. The third kappa shape index (κ3) is 8.89. The van der Waals surface area contributed by atoms with Crippen LogP contribution in [0.2, 0.25) is 0 Å². The Morgan fingerprint density at radius 3 is 2.41 bits per heavy atom. The Morgan fingerprint density at radius 2 is 1.73 bits per heavy atom. The number of aliphatic imine (C=N–C) groups is 2. The standard InChI is InChI=1S/C33H37FN6OS.C2H6/c1-21(2)42(7)31-17-28(34)10-11-29(31)39-23(4)25-9-12-30(40(6)32(41)13-8-22(3)16-25)27-19-37-33(38-20-27)26-14-15-35-24(5)36-18-26;1-2/h8-14,16-20,23,39H,15H2,1-7H3;1-2H3/t23-,42?;/m1./s1. The van der Waals surface area contributed by atoms with E-state index in [1.807, 2.05) is 52.0 Å². The lowest BCUT2D eigenvalue weighted by molar-refractivity contribution is 0.624. The quantitative estimate of drug-likeness (QED) is 0.286. The fraction of sp³-hybridized carbons (Fsp3) is 0.314. The molecule has 0 bridgehead atoms. The van der Waals surface area contributed by atoms with E-state index in [0.717, 1.165) is 27.3 Å². The molecule has 1 aliphatic heterocycles. The lowest BCUT2D eigenvalue weighted by atomic mass is 10.1. The molecule has 0 radical (unpaired) electrons. The summed E-state index contributed by atoms with van der Waals surface area (Å²) in [6, 6.07) is 14.1. The van der Waals surface area contributed by atoms with Crippen molar-refractivity contribution in [1.82, 2.24) is 14.5 Å². The first-order valence-electron chi connectivity index (χ1n) is 14.7. The molecule has 9 heteroatoms. The summed E-state index contributed by atoms with van der Waals surface area (Å²) in [5.74, 6) is 0.999. The highest BCUT2D eigenvalue weighted by molar-refractivity contribution is 8.15. The summed E-state index contributed by atoms with van der Waals surface area (Å²) in [5.41, 5.74) is 4.81. The lowest BCUT2D eigenvalue weighted by Crippen LogP contribution is -2.15. The van der Waals surface area contributed by atoms with Crippen LogP contribution in [0.4, 0.5) is 10.1 Å². The molecule has 0 saturated carbocycles. The predicted octanol–water partition coefficient (Wildman–Crippen LogP) is 7.97. The van der Waals surface area contributed by atoms with E-state index in [-0.39, 0.29) is 27.9 Å². The zero-order valence-corrected chi connectivity index (χ0v) is 28.0. The number of hydrogen-bond acceptors (Lipinski definition) is 6. The van der Waals surface area contributed by atoms with Crippen LogP contribution in [0.3, 0.4) is 0 Å². The Kier molecular flexibility index (Phi) is 12.5. The minimum Gasteiger partial charge on any atom is -0.378 e. The zero-order valence-electron chi connectivity index (χ0n) is 27.1. The normalized spacial score (nSPS) is 13.7. The number of rotatable bonds is 6. The highest BCUT2D eigenvalue weighted by atomic mass is 32.2. The second-order valence-corrected chi connectivity index (χ2v) is 12.6. The molecule has 232 valence electrons. The summed E-state index contributed by atoms with van der Waals surface area (Å²) in [6.07, 6.45) is 9.20. The van der Waals surface area contributed by atoms with Crippen LogP contribution in [-0.2, 0) is 7.05 Å². The third-order valence-electron chi connectivity index (χ3n) is 6.99. The topological polar surface area (TPSA) is 84.5 Å². The molecule has 0 spiro atoms. The van der Waals surface area contributed by atoms with Crippen molar-refractivity contribution < 1.29 is 4.39 Å². The van der Waals surface area contributed by atoms with Gasteiger partial charge in [-0.25, -0.2) is 19.4 Å². The Labute approximate surface area is 263 Å². The second-order valence-electron chi connectivity index (χ2n) is 10.4. The Bertz CT molecular complexity index is 1730. The first kappa shape index (κ1) is 34.3. The molecule has 0 aliphatic carbocycles. The van der Waals surface area contributed by atoms with E-state index in [1.54, 1.807) is 48.4 Å². The van der Waals surface area contributed by atoms with E-state index >= 15 is 0 Å². The fourth-order valence-corrected chi connectivity index (χ4v) is 5.52.